The summed E-state index contributed by atoms with van der Waals surface area (Å²) in [4.78, 5) is 4.82. The SMILES string of the molecule is Cn1c(-c2ccccc2)cc2c(=S)n3c(nc21)CCC3. The Morgan fingerprint density at radius 3 is 2.80 bits per heavy atom. The van der Waals surface area contributed by atoms with Crippen LogP contribution in [0.2, 0.25) is 0 Å². The molecule has 0 spiro atoms. The molecule has 3 aromatic rings. The molecule has 2 aromatic heterocycles. The van der Waals surface area contributed by atoms with Crippen molar-refractivity contribution in [1.82, 2.24) is 14.1 Å². The number of aromatic nitrogens is 3. The third-order valence-electron chi connectivity index (χ3n) is 4.07. The molecule has 0 radical (unpaired) electrons. The van der Waals surface area contributed by atoms with Crippen molar-refractivity contribution < 1.29 is 0 Å². The lowest BCUT2D eigenvalue weighted by Crippen LogP contribution is -2.03. The molecule has 0 atom stereocenters. The summed E-state index contributed by atoms with van der Waals surface area (Å²) in [6.45, 7) is 1.01. The van der Waals surface area contributed by atoms with E-state index in [2.05, 4.69) is 46.5 Å². The van der Waals surface area contributed by atoms with Crippen molar-refractivity contribution in [3.05, 3.63) is 46.9 Å². The van der Waals surface area contributed by atoms with E-state index in [9.17, 15) is 0 Å². The molecule has 0 unspecified atom stereocenters. The highest BCUT2D eigenvalue weighted by atomic mass is 32.1. The van der Waals surface area contributed by atoms with Gasteiger partial charge in [0.15, 0.2) is 0 Å². The largest absolute Gasteiger partial charge is 0.328 e. The van der Waals surface area contributed by atoms with E-state index in [4.69, 9.17) is 17.2 Å². The van der Waals surface area contributed by atoms with Gasteiger partial charge in [0.05, 0.1) is 11.1 Å². The van der Waals surface area contributed by atoms with Crippen LogP contribution in [-0.2, 0) is 20.0 Å². The van der Waals surface area contributed by atoms with Gasteiger partial charge in [0.2, 0.25) is 0 Å². The summed E-state index contributed by atoms with van der Waals surface area (Å²) in [5.41, 5.74) is 3.37. The van der Waals surface area contributed by atoms with Crippen LogP contribution in [0.4, 0.5) is 0 Å². The van der Waals surface area contributed by atoms with Gasteiger partial charge in [0, 0.05) is 20.0 Å². The molecule has 1 aromatic carbocycles. The molecule has 3 nitrogen and oxygen atoms in total. The van der Waals surface area contributed by atoms with Gasteiger partial charge in [-0.05, 0) is 18.1 Å². The molecule has 0 aliphatic carbocycles. The average molecular weight is 281 g/mol. The van der Waals surface area contributed by atoms with Crippen molar-refractivity contribution in [3.63, 3.8) is 0 Å². The summed E-state index contributed by atoms with van der Waals surface area (Å²) in [5.74, 6) is 1.13. The highest BCUT2D eigenvalue weighted by Gasteiger charge is 2.17. The van der Waals surface area contributed by atoms with Gasteiger partial charge in [-0.15, -0.1) is 0 Å². The van der Waals surface area contributed by atoms with Crippen LogP contribution in [0.5, 0.6) is 0 Å². The minimum atomic E-state index is 0.931. The van der Waals surface area contributed by atoms with Crippen LogP contribution in [0.15, 0.2) is 36.4 Å². The minimum absolute atomic E-state index is 0.931. The fraction of sp³-hybridized carbons (Fsp3) is 0.250. The molecule has 0 amide bonds. The number of aryl methyl sites for hydroxylation is 2. The normalized spacial score (nSPS) is 13.8. The zero-order valence-corrected chi connectivity index (χ0v) is 12.2. The highest BCUT2D eigenvalue weighted by molar-refractivity contribution is 7.71. The van der Waals surface area contributed by atoms with Crippen molar-refractivity contribution in [2.75, 3.05) is 0 Å². The van der Waals surface area contributed by atoms with E-state index >= 15 is 0 Å². The minimum Gasteiger partial charge on any atom is -0.328 e. The monoisotopic (exact) mass is 281 g/mol. The van der Waals surface area contributed by atoms with Crippen LogP contribution in [-0.4, -0.2) is 14.1 Å². The van der Waals surface area contributed by atoms with Crippen molar-refractivity contribution in [3.8, 4) is 11.3 Å². The Labute approximate surface area is 122 Å². The van der Waals surface area contributed by atoms with E-state index in [0.29, 0.717) is 0 Å². The van der Waals surface area contributed by atoms with Gasteiger partial charge in [0.25, 0.3) is 0 Å². The van der Waals surface area contributed by atoms with Crippen LogP contribution < -0.4 is 0 Å². The lowest BCUT2D eigenvalue weighted by atomic mass is 10.1. The third kappa shape index (κ3) is 1.58. The predicted molar refractivity (Wildman–Crippen MR) is 83.3 cm³/mol. The molecule has 4 heteroatoms. The van der Waals surface area contributed by atoms with E-state index in [0.717, 1.165) is 40.9 Å². The molecule has 20 heavy (non-hydrogen) atoms. The van der Waals surface area contributed by atoms with Crippen molar-refractivity contribution in [2.45, 2.75) is 19.4 Å². The van der Waals surface area contributed by atoms with Crippen LogP contribution in [0, 0.1) is 4.64 Å². The van der Waals surface area contributed by atoms with Gasteiger partial charge in [-0.1, -0.05) is 42.5 Å². The van der Waals surface area contributed by atoms with E-state index < -0.39 is 0 Å². The molecule has 1 aliphatic heterocycles. The van der Waals surface area contributed by atoms with Gasteiger partial charge in [-0.2, -0.15) is 0 Å². The predicted octanol–water partition coefficient (Wildman–Crippen LogP) is 3.72. The van der Waals surface area contributed by atoms with E-state index in [-0.39, 0.29) is 0 Å². The molecule has 100 valence electrons. The maximum atomic E-state index is 5.65. The van der Waals surface area contributed by atoms with Gasteiger partial charge in [-0.25, -0.2) is 4.98 Å². The Morgan fingerprint density at radius 2 is 2.00 bits per heavy atom. The van der Waals surface area contributed by atoms with Gasteiger partial charge >= 0.3 is 0 Å². The second kappa shape index (κ2) is 4.28. The third-order valence-corrected chi connectivity index (χ3v) is 4.52. The lowest BCUT2D eigenvalue weighted by molar-refractivity contribution is 0.732. The first-order chi connectivity index (χ1) is 9.75. The second-order valence-corrected chi connectivity index (χ2v) is 5.67. The molecule has 0 saturated carbocycles. The van der Waals surface area contributed by atoms with Crippen LogP contribution in [0.1, 0.15) is 12.2 Å². The van der Waals surface area contributed by atoms with Crippen molar-refractivity contribution in [2.24, 2.45) is 7.05 Å². The summed E-state index contributed by atoms with van der Waals surface area (Å²) >= 11 is 5.65. The Balaban J connectivity index is 2.05. The molecule has 0 fully saturated rings. The van der Waals surface area contributed by atoms with Crippen molar-refractivity contribution >= 4 is 23.3 Å². The Morgan fingerprint density at radius 1 is 1.20 bits per heavy atom. The summed E-state index contributed by atoms with van der Waals surface area (Å²) in [6.07, 6.45) is 2.18. The van der Waals surface area contributed by atoms with Crippen LogP contribution in [0.25, 0.3) is 22.3 Å². The fourth-order valence-corrected chi connectivity index (χ4v) is 3.38. The molecular weight excluding hydrogens is 266 g/mol. The molecule has 0 bridgehead atoms. The average Bonchev–Trinajstić information content (AvgIpc) is 3.07. The second-order valence-electron chi connectivity index (χ2n) is 5.28. The lowest BCUT2D eigenvalue weighted by Gasteiger charge is -2.06. The van der Waals surface area contributed by atoms with E-state index in [1.807, 2.05) is 6.07 Å². The molecule has 3 heterocycles. The fourth-order valence-electron chi connectivity index (χ4n) is 3.03. The smallest absolute Gasteiger partial charge is 0.145 e. The number of benzene rings is 1. The molecular formula is C16H15N3S. The maximum Gasteiger partial charge on any atom is 0.145 e. The summed E-state index contributed by atoms with van der Waals surface area (Å²) < 4.78 is 5.27. The molecule has 0 N–H and O–H groups in total. The molecule has 4 rings (SSSR count). The van der Waals surface area contributed by atoms with Crippen LogP contribution in [0.3, 0.4) is 0 Å². The van der Waals surface area contributed by atoms with Gasteiger partial charge in [-0.3, -0.25) is 0 Å². The number of fused-ring (bicyclic) bond motifs is 2. The topological polar surface area (TPSA) is 22.8 Å². The summed E-state index contributed by atoms with van der Waals surface area (Å²) in [5, 5.41) is 1.09. The first-order valence-corrected chi connectivity index (χ1v) is 7.31. The highest BCUT2D eigenvalue weighted by Crippen LogP contribution is 2.28. The number of nitrogens with zero attached hydrogens (tertiary/aromatic N) is 3. The molecule has 1 aliphatic rings. The quantitative estimate of drug-likeness (QED) is 0.634. The maximum absolute atomic E-state index is 5.65. The van der Waals surface area contributed by atoms with Crippen LogP contribution >= 0.6 is 12.2 Å². The van der Waals surface area contributed by atoms with E-state index in [1.165, 1.54) is 11.3 Å². The Kier molecular flexibility index (Phi) is 2.54. The Hall–Kier alpha value is -1.94. The zero-order valence-electron chi connectivity index (χ0n) is 11.3. The standard InChI is InChI=1S/C16H15N3S/c1-18-13(11-6-3-2-4-7-11)10-12-15(18)17-14-8-5-9-19(14)16(12)20/h2-4,6-7,10H,5,8-9H2,1H3. The molecule has 0 saturated heterocycles. The van der Waals surface area contributed by atoms with Gasteiger partial charge in [0.1, 0.15) is 16.1 Å². The number of hydrogen-bond acceptors (Lipinski definition) is 2. The number of rotatable bonds is 1. The Bertz CT molecular complexity index is 859. The van der Waals surface area contributed by atoms with Gasteiger partial charge < -0.3 is 9.13 Å². The first kappa shape index (κ1) is 11.9. The van der Waals surface area contributed by atoms with Crippen molar-refractivity contribution in [1.29, 1.82) is 0 Å². The van der Waals surface area contributed by atoms with E-state index in [1.54, 1.807) is 0 Å². The summed E-state index contributed by atoms with van der Waals surface area (Å²) in [6, 6.07) is 12.6. The summed E-state index contributed by atoms with van der Waals surface area (Å²) in [7, 11) is 2.07. The first-order valence-electron chi connectivity index (χ1n) is 6.90. The number of hydrogen-bond donors (Lipinski definition) is 0. The zero-order chi connectivity index (χ0) is 13.7.